The lowest BCUT2D eigenvalue weighted by Crippen LogP contribution is -2.41. The monoisotopic (exact) mass is 486 g/mol. The second-order valence-corrected chi connectivity index (χ2v) is 11.1. The molecule has 2 aromatic carbocycles. The van der Waals surface area contributed by atoms with Gasteiger partial charge in [-0.3, -0.25) is 4.79 Å². The van der Waals surface area contributed by atoms with E-state index in [-0.39, 0.29) is 16.7 Å². The fourth-order valence-electron chi connectivity index (χ4n) is 4.97. The first-order valence-corrected chi connectivity index (χ1v) is 13.3. The first kappa shape index (κ1) is 23.0. The largest absolute Gasteiger partial charge is 0.497 e. The molecule has 2 heterocycles. The number of carbonyl (C=O) groups is 1. The Kier molecular flexibility index (Phi) is 6.16. The summed E-state index contributed by atoms with van der Waals surface area (Å²) in [6, 6.07) is 11.8. The number of sulfonamides is 1. The Balaban J connectivity index is 1.18. The van der Waals surface area contributed by atoms with Gasteiger partial charge in [-0.15, -0.1) is 0 Å². The molecule has 0 unspecified atom stereocenters. The average molecular weight is 487 g/mol. The smallest absolute Gasteiger partial charge is 0.251 e. The highest BCUT2D eigenvalue weighted by Gasteiger charge is 2.42. The summed E-state index contributed by atoms with van der Waals surface area (Å²) in [6.45, 7) is 0.603. The molecule has 1 saturated heterocycles. The third-order valence-electron chi connectivity index (χ3n) is 6.94. The maximum atomic E-state index is 12.9. The van der Waals surface area contributed by atoms with Crippen LogP contribution in [0.5, 0.6) is 17.2 Å². The number of carbonyl (C=O) groups excluding carboxylic acids is 1. The van der Waals surface area contributed by atoms with Crippen molar-refractivity contribution in [2.45, 2.75) is 55.6 Å². The molecule has 1 amide bonds. The minimum atomic E-state index is -3.60. The molecule has 2 aromatic rings. The van der Waals surface area contributed by atoms with Crippen molar-refractivity contribution in [1.82, 2.24) is 4.31 Å². The highest BCUT2D eigenvalue weighted by molar-refractivity contribution is 7.89. The van der Waals surface area contributed by atoms with Crippen LogP contribution >= 0.6 is 0 Å². The van der Waals surface area contributed by atoms with Crippen molar-refractivity contribution in [3.05, 3.63) is 42.5 Å². The Morgan fingerprint density at radius 2 is 1.68 bits per heavy atom. The molecule has 1 spiro atoms. The van der Waals surface area contributed by atoms with Gasteiger partial charge in [-0.05, 0) is 62.1 Å². The molecule has 34 heavy (non-hydrogen) atoms. The van der Waals surface area contributed by atoms with Crippen LogP contribution < -0.4 is 19.5 Å². The number of methoxy groups -OCH3 is 1. The van der Waals surface area contributed by atoms with Crippen LogP contribution in [-0.4, -0.2) is 44.6 Å². The number of rotatable bonds is 5. The summed E-state index contributed by atoms with van der Waals surface area (Å²) in [7, 11) is -2.06. The lowest BCUT2D eigenvalue weighted by Gasteiger charge is -2.31. The summed E-state index contributed by atoms with van der Waals surface area (Å²) >= 11 is 0. The molecule has 9 heteroatoms. The minimum Gasteiger partial charge on any atom is -0.497 e. The molecule has 182 valence electrons. The molecular formula is C25H30N2O6S. The van der Waals surface area contributed by atoms with E-state index in [4.69, 9.17) is 14.2 Å². The van der Waals surface area contributed by atoms with Gasteiger partial charge in [-0.25, -0.2) is 8.42 Å². The Morgan fingerprint density at radius 3 is 2.35 bits per heavy atom. The van der Waals surface area contributed by atoms with E-state index in [0.29, 0.717) is 43.1 Å². The molecule has 0 atom stereocenters. The summed E-state index contributed by atoms with van der Waals surface area (Å²) in [5.74, 6) is 1.08. The van der Waals surface area contributed by atoms with Crippen LogP contribution in [-0.2, 0) is 14.8 Å². The van der Waals surface area contributed by atoms with Gasteiger partial charge in [0.15, 0.2) is 11.5 Å². The summed E-state index contributed by atoms with van der Waals surface area (Å²) in [4.78, 5) is 13.1. The van der Waals surface area contributed by atoms with E-state index in [1.54, 1.807) is 24.3 Å². The van der Waals surface area contributed by atoms with Crippen molar-refractivity contribution in [1.29, 1.82) is 0 Å². The quantitative estimate of drug-likeness (QED) is 0.682. The summed E-state index contributed by atoms with van der Waals surface area (Å²) in [5, 5.41) is 2.97. The van der Waals surface area contributed by atoms with Gasteiger partial charge in [0, 0.05) is 43.6 Å². The van der Waals surface area contributed by atoms with E-state index in [1.165, 1.54) is 17.8 Å². The predicted octanol–water partition coefficient (Wildman–Crippen LogP) is 4.17. The molecule has 3 aliphatic rings. The van der Waals surface area contributed by atoms with Crippen LogP contribution in [0.2, 0.25) is 0 Å². The van der Waals surface area contributed by atoms with Crippen LogP contribution in [0.1, 0.15) is 44.9 Å². The first-order valence-electron chi connectivity index (χ1n) is 11.9. The molecule has 1 saturated carbocycles. The third-order valence-corrected chi connectivity index (χ3v) is 8.85. The highest BCUT2D eigenvalue weighted by Crippen LogP contribution is 2.46. The van der Waals surface area contributed by atoms with Gasteiger partial charge in [0.05, 0.1) is 12.0 Å². The van der Waals surface area contributed by atoms with Crippen LogP contribution in [0.4, 0.5) is 5.69 Å². The van der Waals surface area contributed by atoms with E-state index in [2.05, 4.69) is 5.32 Å². The van der Waals surface area contributed by atoms with Crippen LogP contribution in [0.25, 0.3) is 0 Å². The van der Waals surface area contributed by atoms with Crippen LogP contribution in [0, 0.1) is 5.92 Å². The maximum Gasteiger partial charge on any atom is 0.251 e. The van der Waals surface area contributed by atoms with Gasteiger partial charge < -0.3 is 19.5 Å². The predicted molar refractivity (Wildman–Crippen MR) is 127 cm³/mol. The van der Waals surface area contributed by atoms with Crippen molar-refractivity contribution >= 4 is 21.6 Å². The second kappa shape index (κ2) is 9.11. The lowest BCUT2D eigenvalue weighted by molar-refractivity contribution is -0.120. The number of anilines is 1. The molecule has 8 nitrogen and oxygen atoms in total. The number of hydrogen-bond acceptors (Lipinski definition) is 6. The second-order valence-electron chi connectivity index (χ2n) is 9.18. The molecule has 0 aromatic heterocycles. The Morgan fingerprint density at radius 1 is 1.00 bits per heavy atom. The van der Waals surface area contributed by atoms with Crippen LogP contribution in [0.3, 0.4) is 0 Å². The molecule has 1 N–H and O–H groups in total. The number of nitrogens with one attached hydrogen (secondary N) is 1. The van der Waals surface area contributed by atoms with Crippen LogP contribution in [0.15, 0.2) is 47.4 Å². The number of nitrogens with zero attached hydrogens (tertiary/aromatic N) is 1. The van der Waals surface area contributed by atoms with Gasteiger partial charge in [0.25, 0.3) is 5.79 Å². The highest BCUT2D eigenvalue weighted by atomic mass is 32.2. The van der Waals surface area contributed by atoms with E-state index in [1.807, 2.05) is 18.2 Å². The maximum absolute atomic E-state index is 12.9. The van der Waals surface area contributed by atoms with Crippen molar-refractivity contribution < 1.29 is 27.4 Å². The molecule has 1 aliphatic carbocycles. The molecule has 0 bridgehead atoms. The summed E-state index contributed by atoms with van der Waals surface area (Å²) in [5.41, 5.74) is 0.661. The molecule has 0 radical (unpaired) electrons. The SMILES string of the molecule is COc1ccc(S(=O)(=O)N2CCC(C(=O)Nc3ccc4c(c3)OC3(CCCCC3)O4)CC2)cc1. The van der Waals surface area contributed by atoms with Crippen molar-refractivity contribution in [2.75, 3.05) is 25.5 Å². The number of hydrogen-bond donors (Lipinski definition) is 1. The number of benzene rings is 2. The van der Waals surface area contributed by atoms with Gasteiger partial charge >= 0.3 is 0 Å². The zero-order valence-corrected chi connectivity index (χ0v) is 20.1. The molecule has 5 rings (SSSR count). The Labute approximate surface area is 200 Å². The topological polar surface area (TPSA) is 94.2 Å². The zero-order chi connectivity index (χ0) is 23.8. The molecule has 2 fully saturated rings. The van der Waals surface area contributed by atoms with Gasteiger partial charge in [-0.2, -0.15) is 4.31 Å². The first-order chi connectivity index (χ1) is 16.4. The van der Waals surface area contributed by atoms with Crippen molar-refractivity contribution in [3.8, 4) is 17.2 Å². The van der Waals surface area contributed by atoms with Gasteiger partial charge in [0.1, 0.15) is 5.75 Å². The number of piperidine rings is 1. The minimum absolute atomic E-state index is 0.104. The summed E-state index contributed by atoms with van der Waals surface area (Å²) in [6.07, 6.45) is 6.06. The third kappa shape index (κ3) is 4.46. The molecular weight excluding hydrogens is 456 g/mol. The van der Waals surface area contributed by atoms with E-state index >= 15 is 0 Å². The Bertz CT molecular complexity index is 1150. The van der Waals surface area contributed by atoms with Crippen molar-refractivity contribution in [3.63, 3.8) is 0 Å². The summed E-state index contributed by atoms with van der Waals surface area (Å²) < 4.78 is 44.7. The standard InChI is InChI=1S/C25H30N2O6S/c1-31-20-6-8-21(9-7-20)34(29,30)27-15-11-18(12-16-27)24(28)26-19-5-10-22-23(17-19)33-25(32-22)13-3-2-4-14-25/h5-10,17-18H,2-4,11-16H2,1H3,(H,26,28). The average Bonchev–Trinajstić information content (AvgIpc) is 3.20. The Hall–Kier alpha value is -2.78. The number of amides is 1. The number of fused-ring (bicyclic) bond motifs is 1. The van der Waals surface area contributed by atoms with E-state index < -0.39 is 15.8 Å². The fraction of sp³-hybridized carbons (Fsp3) is 0.480. The fourth-order valence-corrected chi connectivity index (χ4v) is 6.44. The zero-order valence-electron chi connectivity index (χ0n) is 19.3. The van der Waals surface area contributed by atoms with Gasteiger partial charge in [-0.1, -0.05) is 6.42 Å². The normalized spacial score (nSPS) is 20.3. The van der Waals surface area contributed by atoms with Crippen molar-refractivity contribution in [2.24, 2.45) is 5.92 Å². The van der Waals surface area contributed by atoms with E-state index in [0.717, 1.165) is 31.4 Å². The van der Waals surface area contributed by atoms with Gasteiger partial charge in [0.2, 0.25) is 15.9 Å². The van der Waals surface area contributed by atoms with E-state index in [9.17, 15) is 13.2 Å². The number of ether oxygens (including phenoxy) is 3. The lowest BCUT2D eigenvalue weighted by atomic mass is 9.94. The molecule has 2 aliphatic heterocycles.